The maximum Gasteiger partial charge on any atom is 0.297 e. The fraction of sp³-hybridized carbons (Fsp3) is 0.100. The van der Waals surface area contributed by atoms with Gasteiger partial charge in [0.15, 0.2) is 5.03 Å². The highest BCUT2D eigenvalue weighted by Crippen LogP contribution is 2.18. The van der Waals surface area contributed by atoms with E-state index in [1.165, 1.54) is 18.2 Å². The van der Waals surface area contributed by atoms with Gasteiger partial charge in [0.05, 0.1) is 5.71 Å². The van der Waals surface area contributed by atoms with Gasteiger partial charge in [-0.25, -0.2) is 0 Å². The molecule has 90 valence electrons. The van der Waals surface area contributed by atoms with Gasteiger partial charge in [0.1, 0.15) is 18.1 Å². The largest absolute Gasteiger partial charge is 0.508 e. The second kappa shape index (κ2) is 4.10. The second-order valence-electron chi connectivity index (χ2n) is 3.39. The summed E-state index contributed by atoms with van der Waals surface area (Å²) < 4.78 is 31.0. The van der Waals surface area contributed by atoms with E-state index in [9.17, 15) is 13.5 Å². The van der Waals surface area contributed by atoms with Crippen molar-refractivity contribution in [1.29, 1.82) is 0 Å². The topological polar surface area (TPSA) is 102 Å². The van der Waals surface area contributed by atoms with E-state index >= 15 is 0 Å². The fourth-order valence-electron chi connectivity index (χ4n) is 1.27. The lowest BCUT2D eigenvalue weighted by atomic mass is 10.3. The van der Waals surface area contributed by atoms with Crippen molar-refractivity contribution in [3.05, 3.63) is 35.4 Å². The third-order valence-electron chi connectivity index (χ3n) is 2.05. The summed E-state index contributed by atoms with van der Waals surface area (Å²) in [6.45, 7) is -0.0244. The number of ether oxygens (including phenoxy) is 1. The van der Waals surface area contributed by atoms with Crippen LogP contribution in [-0.2, 0) is 10.0 Å². The number of hydrogen-bond donors (Lipinski definition) is 2. The first kappa shape index (κ1) is 11.5. The molecule has 1 heterocycles. The fourth-order valence-corrected chi connectivity index (χ4v) is 2.08. The molecule has 0 saturated carbocycles. The monoisotopic (exact) mass is 254 g/mol. The van der Waals surface area contributed by atoms with Crippen LogP contribution in [0.1, 0.15) is 0 Å². The molecule has 2 rings (SSSR count). The van der Waals surface area contributed by atoms with E-state index in [1.807, 2.05) is 0 Å². The highest BCUT2D eigenvalue weighted by molar-refractivity contribution is 7.94. The molecule has 0 aliphatic carbocycles. The Morgan fingerprint density at radius 1 is 1.41 bits per heavy atom. The molecule has 0 fully saturated rings. The summed E-state index contributed by atoms with van der Waals surface area (Å²) in [6, 6.07) is 6.16. The van der Waals surface area contributed by atoms with Crippen molar-refractivity contribution in [1.82, 2.24) is 0 Å². The molecule has 0 atom stereocenters. The molecule has 3 N–H and O–H groups in total. The molecule has 0 bridgehead atoms. The van der Waals surface area contributed by atoms with Crippen molar-refractivity contribution in [3.63, 3.8) is 0 Å². The zero-order valence-corrected chi connectivity index (χ0v) is 9.52. The summed E-state index contributed by atoms with van der Waals surface area (Å²) in [6.07, 6.45) is 1.25. The Hall–Kier alpha value is -2.02. The first-order chi connectivity index (χ1) is 7.97. The Kier molecular flexibility index (Phi) is 2.76. The summed E-state index contributed by atoms with van der Waals surface area (Å²) in [5.74, 6) is 0.488. The summed E-state index contributed by atoms with van der Waals surface area (Å²) in [4.78, 5) is 0. The number of aromatic hydroxyl groups is 1. The van der Waals surface area contributed by atoms with Crippen LogP contribution >= 0.6 is 0 Å². The normalized spacial score (nSPS) is 17.4. The van der Waals surface area contributed by atoms with Gasteiger partial charge in [-0.1, -0.05) is 6.07 Å². The number of nitrogens with zero attached hydrogens (tertiary/aromatic N) is 1. The standard InChI is InChI=1S/C10H10N2O4S/c11-10-4-7(12-17(10,14)15)6-16-9-3-1-2-8(13)5-9/h1-5,13H,6,11H2. The Labute approximate surface area is 98.1 Å². The van der Waals surface area contributed by atoms with Crippen LogP contribution in [-0.4, -0.2) is 25.8 Å². The van der Waals surface area contributed by atoms with Gasteiger partial charge >= 0.3 is 0 Å². The molecule has 0 spiro atoms. The number of rotatable bonds is 3. The van der Waals surface area contributed by atoms with Crippen LogP contribution in [0.3, 0.4) is 0 Å². The molecule has 1 aromatic rings. The molecule has 1 aromatic carbocycles. The summed E-state index contributed by atoms with van der Waals surface area (Å²) in [5, 5.41) is 8.91. The quantitative estimate of drug-likeness (QED) is 0.810. The second-order valence-corrected chi connectivity index (χ2v) is 4.99. The van der Waals surface area contributed by atoms with Crippen LogP contribution in [0.5, 0.6) is 11.5 Å². The first-order valence-electron chi connectivity index (χ1n) is 4.70. The summed E-state index contributed by atoms with van der Waals surface area (Å²) >= 11 is 0. The SMILES string of the molecule is NC1=CC(COc2cccc(O)c2)=NS1(=O)=O. The molecule has 1 aliphatic heterocycles. The minimum Gasteiger partial charge on any atom is -0.508 e. The minimum absolute atomic E-state index is 0.0244. The van der Waals surface area contributed by atoms with E-state index in [1.54, 1.807) is 12.1 Å². The van der Waals surface area contributed by atoms with Gasteiger partial charge < -0.3 is 15.6 Å². The number of benzene rings is 1. The minimum atomic E-state index is -3.69. The van der Waals surface area contributed by atoms with Gasteiger partial charge in [-0.05, 0) is 12.1 Å². The Balaban J connectivity index is 2.06. The first-order valence-corrected chi connectivity index (χ1v) is 6.14. The van der Waals surface area contributed by atoms with Crippen LogP contribution in [0, 0.1) is 0 Å². The molecule has 6 nitrogen and oxygen atoms in total. The molecular formula is C10H10N2O4S. The zero-order chi connectivity index (χ0) is 12.5. The van der Waals surface area contributed by atoms with Crippen LogP contribution in [0.4, 0.5) is 0 Å². The lowest BCUT2D eigenvalue weighted by Gasteiger charge is -2.04. The van der Waals surface area contributed by atoms with E-state index in [0.29, 0.717) is 5.75 Å². The van der Waals surface area contributed by atoms with E-state index in [0.717, 1.165) is 0 Å². The number of nitrogens with two attached hydrogens (primary N) is 1. The average Bonchev–Trinajstić information content (AvgIpc) is 2.50. The zero-order valence-electron chi connectivity index (χ0n) is 8.70. The molecule has 1 aliphatic rings. The van der Waals surface area contributed by atoms with Crippen molar-refractivity contribution in [2.24, 2.45) is 10.1 Å². The number of sulfonamides is 1. The lowest BCUT2D eigenvalue weighted by molar-refractivity contribution is 0.373. The highest BCUT2D eigenvalue weighted by atomic mass is 32.2. The molecule has 0 radical (unpaired) electrons. The predicted octanol–water partition coefficient (Wildman–Crippen LogP) is 0.356. The van der Waals surface area contributed by atoms with Gasteiger partial charge in [0.25, 0.3) is 10.0 Å². The number of hydrogen-bond acceptors (Lipinski definition) is 5. The van der Waals surface area contributed by atoms with Gasteiger partial charge in [-0.3, -0.25) is 0 Å². The molecule has 0 amide bonds. The maximum absolute atomic E-state index is 11.2. The highest BCUT2D eigenvalue weighted by Gasteiger charge is 2.21. The summed E-state index contributed by atoms with van der Waals surface area (Å²) in [7, 11) is -3.69. The van der Waals surface area contributed by atoms with E-state index in [2.05, 4.69) is 4.40 Å². The molecule has 0 aromatic heterocycles. The average molecular weight is 254 g/mol. The Morgan fingerprint density at radius 3 is 2.76 bits per heavy atom. The molecule has 0 saturated heterocycles. The smallest absolute Gasteiger partial charge is 0.297 e. The van der Waals surface area contributed by atoms with Gasteiger partial charge in [0, 0.05) is 12.1 Å². The van der Waals surface area contributed by atoms with E-state index < -0.39 is 10.0 Å². The third-order valence-corrected chi connectivity index (χ3v) is 3.24. The third kappa shape index (κ3) is 2.56. The molecule has 7 heteroatoms. The number of phenolic OH excluding ortho intramolecular Hbond substituents is 1. The van der Waals surface area contributed by atoms with Gasteiger partial charge in [-0.2, -0.15) is 12.8 Å². The van der Waals surface area contributed by atoms with Crippen molar-refractivity contribution in [2.75, 3.05) is 6.61 Å². The predicted molar refractivity (Wildman–Crippen MR) is 62.2 cm³/mol. The van der Waals surface area contributed by atoms with Crippen molar-refractivity contribution < 1.29 is 18.3 Å². The van der Waals surface area contributed by atoms with Crippen molar-refractivity contribution in [3.8, 4) is 11.5 Å². The molecular weight excluding hydrogens is 244 g/mol. The molecule has 17 heavy (non-hydrogen) atoms. The van der Waals surface area contributed by atoms with E-state index in [-0.39, 0.29) is 23.1 Å². The van der Waals surface area contributed by atoms with Gasteiger partial charge in [-0.15, -0.1) is 0 Å². The lowest BCUT2D eigenvalue weighted by Crippen LogP contribution is -2.07. The van der Waals surface area contributed by atoms with Crippen LogP contribution in [0.25, 0.3) is 0 Å². The van der Waals surface area contributed by atoms with E-state index in [4.69, 9.17) is 10.5 Å². The van der Waals surface area contributed by atoms with Crippen LogP contribution in [0.15, 0.2) is 39.8 Å². The van der Waals surface area contributed by atoms with Gasteiger partial charge in [0.2, 0.25) is 0 Å². The van der Waals surface area contributed by atoms with Crippen molar-refractivity contribution >= 4 is 15.7 Å². The van der Waals surface area contributed by atoms with Crippen molar-refractivity contribution in [2.45, 2.75) is 0 Å². The summed E-state index contributed by atoms with van der Waals surface area (Å²) in [5.41, 5.74) is 5.49. The van der Waals surface area contributed by atoms with Crippen LogP contribution < -0.4 is 10.5 Å². The maximum atomic E-state index is 11.2. The molecule has 0 unspecified atom stereocenters. The Bertz CT molecular complexity index is 604. The number of phenols is 1. The van der Waals surface area contributed by atoms with Crippen LogP contribution in [0.2, 0.25) is 0 Å². The Morgan fingerprint density at radius 2 is 2.18 bits per heavy atom.